The van der Waals surface area contributed by atoms with Crippen LogP contribution in [-0.4, -0.2) is 31.3 Å². The molecule has 0 fully saturated rings. The van der Waals surface area contributed by atoms with Crippen molar-refractivity contribution in [3.63, 3.8) is 0 Å². The summed E-state index contributed by atoms with van der Waals surface area (Å²) in [7, 11) is 3.58. The van der Waals surface area contributed by atoms with Gasteiger partial charge in [-0.1, -0.05) is 12.1 Å². The molecular weight excluding hydrogens is 302 g/mol. The maximum absolute atomic E-state index is 5.44. The number of fused-ring (bicyclic) bond motifs is 1. The van der Waals surface area contributed by atoms with Crippen LogP contribution in [0.5, 0.6) is 5.75 Å². The van der Waals surface area contributed by atoms with Crippen LogP contribution in [0.2, 0.25) is 0 Å². The average molecular weight is 319 g/mol. The monoisotopic (exact) mass is 319 g/mol. The van der Waals surface area contributed by atoms with Gasteiger partial charge in [0, 0.05) is 30.6 Å². The lowest BCUT2D eigenvalue weighted by atomic mass is 10.1. The SMILES string of the molecule is COc1cc(-c2cnc3cnc(-c4cnn(C)c4)cn23)ccc1C. The largest absolute Gasteiger partial charge is 0.496 e. The van der Waals surface area contributed by atoms with Crippen molar-refractivity contribution in [2.75, 3.05) is 7.11 Å². The highest BCUT2D eigenvalue weighted by molar-refractivity contribution is 5.67. The Kier molecular flexibility index (Phi) is 3.30. The van der Waals surface area contributed by atoms with Crippen molar-refractivity contribution in [3.8, 4) is 28.3 Å². The normalized spacial score (nSPS) is 11.1. The Morgan fingerprint density at radius 3 is 2.62 bits per heavy atom. The topological polar surface area (TPSA) is 57.2 Å². The van der Waals surface area contributed by atoms with Gasteiger partial charge in [0.2, 0.25) is 0 Å². The predicted octanol–water partition coefficient (Wildman–Crippen LogP) is 3.11. The van der Waals surface area contributed by atoms with E-state index in [1.54, 1.807) is 24.2 Å². The van der Waals surface area contributed by atoms with Crippen molar-refractivity contribution in [1.82, 2.24) is 24.1 Å². The van der Waals surface area contributed by atoms with Crippen LogP contribution in [0, 0.1) is 6.92 Å². The lowest BCUT2D eigenvalue weighted by Crippen LogP contribution is -1.94. The summed E-state index contributed by atoms with van der Waals surface area (Å²) in [4.78, 5) is 8.94. The molecule has 24 heavy (non-hydrogen) atoms. The van der Waals surface area contributed by atoms with Gasteiger partial charge in [-0.05, 0) is 18.6 Å². The Labute approximate surface area is 139 Å². The highest BCUT2D eigenvalue weighted by Gasteiger charge is 2.11. The fourth-order valence-electron chi connectivity index (χ4n) is 2.78. The third kappa shape index (κ3) is 2.32. The molecule has 3 aromatic heterocycles. The molecule has 3 heterocycles. The Bertz CT molecular complexity index is 1030. The van der Waals surface area contributed by atoms with Crippen LogP contribution in [-0.2, 0) is 7.05 Å². The quantitative estimate of drug-likeness (QED) is 0.582. The molecule has 0 atom stereocenters. The van der Waals surface area contributed by atoms with E-state index in [9.17, 15) is 0 Å². The minimum atomic E-state index is 0.803. The van der Waals surface area contributed by atoms with E-state index in [0.29, 0.717) is 0 Å². The van der Waals surface area contributed by atoms with Crippen molar-refractivity contribution in [2.45, 2.75) is 6.92 Å². The van der Waals surface area contributed by atoms with Gasteiger partial charge in [-0.2, -0.15) is 5.10 Å². The maximum atomic E-state index is 5.44. The second-order valence-electron chi connectivity index (χ2n) is 5.73. The molecule has 0 spiro atoms. The summed E-state index contributed by atoms with van der Waals surface area (Å²) in [6.45, 7) is 2.03. The highest BCUT2D eigenvalue weighted by atomic mass is 16.5. The van der Waals surface area contributed by atoms with Crippen molar-refractivity contribution < 1.29 is 4.74 Å². The average Bonchev–Trinajstić information content (AvgIpc) is 3.21. The minimum absolute atomic E-state index is 0.803. The van der Waals surface area contributed by atoms with Gasteiger partial charge in [0.15, 0.2) is 5.65 Å². The summed E-state index contributed by atoms with van der Waals surface area (Å²) >= 11 is 0. The first-order valence-electron chi connectivity index (χ1n) is 7.63. The molecule has 0 aliphatic rings. The number of nitrogens with zero attached hydrogens (tertiary/aromatic N) is 5. The van der Waals surface area contributed by atoms with Gasteiger partial charge in [0.25, 0.3) is 0 Å². The molecule has 4 rings (SSSR count). The zero-order chi connectivity index (χ0) is 16.7. The van der Waals surface area contributed by atoms with Crippen LogP contribution in [0.3, 0.4) is 0 Å². The molecule has 4 aromatic rings. The van der Waals surface area contributed by atoms with Gasteiger partial charge in [-0.25, -0.2) is 4.98 Å². The minimum Gasteiger partial charge on any atom is -0.496 e. The second kappa shape index (κ2) is 5.49. The third-order valence-electron chi connectivity index (χ3n) is 4.10. The van der Waals surface area contributed by atoms with Gasteiger partial charge in [-0.15, -0.1) is 0 Å². The van der Waals surface area contributed by atoms with Crippen molar-refractivity contribution in [1.29, 1.82) is 0 Å². The maximum Gasteiger partial charge on any atom is 0.155 e. The van der Waals surface area contributed by atoms with Gasteiger partial charge in [0.1, 0.15) is 5.75 Å². The standard InChI is InChI=1S/C18H17N5O/c1-12-4-5-13(6-17(12)24-3)16-8-20-18-9-19-15(11-23(16)18)14-7-21-22(2)10-14/h4-11H,1-3H3. The Morgan fingerprint density at radius 1 is 1.00 bits per heavy atom. The number of aromatic nitrogens is 5. The van der Waals surface area contributed by atoms with Crippen LogP contribution in [0.4, 0.5) is 0 Å². The van der Waals surface area contributed by atoms with Crippen LogP contribution in [0.25, 0.3) is 28.2 Å². The van der Waals surface area contributed by atoms with E-state index in [1.165, 1.54) is 0 Å². The molecule has 0 saturated carbocycles. The van der Waals surface area contributed by atoms with E-state index in [4.69, 9.17) is 4.74 Å². The van der Waals surface area contributed by atoms with E-state index in [0.717, 1.165) is 39.5 Å². The first kappa shape index (κ1) is 14.4. The summed E-state index contributed by atoms with van der Waals surface area (Å²) in [5, 5.41) is 4.21. The molecule has 6 heteroatoms. The van der Waals surface area contributed by atoms with Crippen LogP contribution < -0.4 is 4.74 Å². The van der Waals surface area contributed by atoms with E-state index in [-0.39, 0.29) is 0 Å². The Balaban J connectivity index is 1.87. The summed E-state index contributed by atoms with van der Waals surface area (Å²) in [5.41, 5.74) is 5.78. The number of methoxy groups -OCH3 is 1. The van der Waals surface area contributed by atoms with Gasteiger partial charge >= 0.3 is 0 Å². The highest BCUT2D eigenvalue weighted by Crippen LogP contribution is 2.28. The number of rotatable bonds is 3. The van der Waals surface area contributed by atoms with E-state index in [2.05, 4.69) is 27.2 Å². The van der Waals surface area contributed by atoms with E-state index in [1.807, 2.05) is 43.0 Å². The lowest BCUT2D eigenvalue weighted by Gasteiger charge is -2.08. The molecular formula is C18H17N5O. The number of imidazole rings is 1. The van der Waals surface area contributed by atoms with Gasteiger partial charge < -0.3 is 4.74 Å². The molecule has 120 valence electrons. The third-order valence-corrected chi connectivity index (χ3v) is 4.10. The van der Waals surface area contributed by atoms with E-state index < -0.39 is 0 Å². The first-order valence-corrected chi connectivity index (χ1v) is 7.63. The van der Waals surface area contributed by atoms with Crippen LogP contribution >= 0.6 is 0 Å². The molecule has 0 saturated heterocycles. The fourth-order valence-corrected chi connectivity index (χ4v) is 2.78. The summed E-state index contributed by atoms with van der Waals surface area (Å²) in [6, 6.07) is 6.16. The van der Waals surface area contributed by atoms with Gasteiger partial charge in [0.05, 0.1) is 37.1 Å². The van der Waals surface area contributed by atoms with Crippen LogP contribution in [0.15, 0.2) is 49.2 Å². The first-order chi connectivity index (χ1) is 11.7. The number of ether oxygens (including phenoxy) is 1. The lowest BCUT2D eigenvalue weighted by molar-refractivity contribution is 0.412. The zero-order valence-electron chi connectivity index (χ0n) is 13.8. The van der Waals surface area contributed by atoms with Crippen molar-refractivity contribution >= 4 is 5.65 Å². The molecule has 0 unspecified atom stereocenters. The predicted molar refractivity (Wildman–Crippen MR) is 91.9 cm³/mol. The van der Waals surface area contributed by atoms with Gasteiger partial charge in [-0.3, -0.25) is 14.1 Å². The van der Waals surface area contributed by atoms with E-state index >= 15 is 0 Å². The van der Waals surface area contributed by atoms with Crippen molar-refractivity contribution in [3.05, 3.63) is 54.7 Å². The molecule has 0 radical (unpaired) electrons. The summed E-state index contributed by atoms with van der Waals surface area (Å²) in [5.74, 6) is 0.865. The Morgan fingerprint density at radius 2 is 1.88 bits per heavy atom. The molecule has 0 aliphatic heterocycles. The zero-order valence-corrected chi connectivity index (χ0v) is 13.8. The van der Waals surface area contributed by atoms with Crippen LogP contribution in [0.1, 0.15) is 5.56 Å². The number of hydrogen-bond acceptors (Lipinski definition) is 4. The van der Waals surface area contributed by atoms with Crippen molar-refractivity contribution in [2.24, 2.45) is 7.05 Å². The molecule has 0 N–H and O–H groups in total. The molecule has 0 bridgehead atoms. The molecule has 0 amide bonds. The summed E-state index contributed by atoms with van der Waals surface area (Å²) < 4.78 is 9.24. The molecule has 6 nitrogen and oxygen atoms in total. The summed E-state index contributed by atoms with van der Waals surface area (Å²) in [6.07, 6.45) is 9.37. The molecule has 1 aromatic carbocycles. The Hall–Kier alpha value is -3.15. The number of aryl methyl sites for hydroxylation is 2. The smallest absolute Gasteiger partial charge is 0.155 e. The fraction of sp³-hybridized carbons (Fsp3) is 0.167. The number of hydrogen-bond donors (Lipinski definition) is 0. The second-order valence-corrected chi connectivity index (χ2v) is 5.73. The molecule has 0 aliphatic carbocycles. The number of benzene rings is 1.